The number of benzene rings is 3. The second-order valence-corrected chi connectivity index (χ2v) is 6.07. The Balaban J connectivity index is 1.89. The fraction of sp³-hybridized carbons (Fsp3) is 0. The summed E-state index contributed by atoms with van der Waals surface area (Å²) in [7, 11) is 0. The summed E-state index contributed by atoms with van der Waals surface area (Å²) < 4.78 is 5.70. The minimum Gasteiger partial charge on any atom is -0.508 e. The Kier molecular flexibility index (Phi) is 3.74. The van der Waals surface area contributed by atoms with Crippen molar-refractivity contribution in [1.29, 1.82) is 0 Å². The van der Waals surface area contributed by atoms with Crippen molar-refractivity contribution in [2.75, 3.05) is 0 Å². The summed E-state index contributed by atoms with van der Waals surface area (Å²) in [6.07, 6.45) is 0. The number of phenols is 3. The molecule has 4 rings (SSSR count). The summed E-state index contributed by atoms with van der Waals surface area (Å²) in [6, 6.07) is 15.4. The van der Waals surface area contributed by atoms with Crippen molar-refractivity contribution >= 4 is 11.0 Å². The van der Waals surface area contributed by atoms with Crippen LogP contribution < -0.4 is 5.43 Å². The summed E-state index contributed by atoms with van der Waals surface area (Å²) in [4.78, 5) is 12.4. The molecule has 0 radical (unpaired) electrons. The first-order valence-corrected chi connectivity index (χ1v) is 8.05. The Bertz CT molecular complexity index is 1240. The molecule has 1 aromatic heterocycles. The van der Waals surface area contributed by atoms with E-state index in [4.69, 9.17) is 4.42 Å². The summed E-state index contributed by atoms with van der Waals surface area (Å²) in [5, 5.41) is 39.1. The molecule has 0 fully saturated rings. The quantitative estimate of drug-likeness (QED) is 0.402. The van der Waals surface area contributed by atoms with Gasteiger partial charge in [-0.3, -0.25) is 4.79 Å². The third-order valence-electron chi connectivity index (χ3n) is 4.28. The van der Waals surface area contributed by atoms with Gasteiger partial charge in [-0.1, -0.05) is 24.3 Å². The summed E-state index contributed by atoms with van der Waals surface area (Å²) >= 11 is 0. The van der Waals surface area contributed by atoms with Gasteiger partial charge in [0.05, 0.1) is 5.39 Å². The molecule has 6 heteroatoms. The third-order valence-corrected chi connectivity index (χ3v) is 4.28. The van der Waals surface area contributed by atoms with Gasteiger partial charge in [-0.2, -0.15) is 0 Å². The standard InChI is InChI=1S/C21H14O6/c22-14-5-7-18-15(10-14)19(25)20(26)21(27-18)13-3-1-2-11(8-13)12-4-6-16(23)17(24)9-12/h1-10,22-24,26H. The number of rotatable bonds is 2. The fourth-order valence-corrected chi connectivity index (χ4v) is 2.91. The van der Waals surface area contributed by atoms with Gasteiger partial charge in [0.25, 0.3) is 0 Å². The molecular weight excluding hydrogens is 348 g/mol. The number of phenolic OH excluding ortho intramolecular Hbond substituents is 3. The lowest BCUT2D eigenvalue weighted by molar-refractivity contribution is 0.404. The van der Waals surface area contributed by atoms with Crippen LogP contribution in [-0.4, -0.2) is 20.4 Å². The molecule has 0 saturated heterocycles. The van der Waals surface area contributed by atoms with Gasteiger partial charge in [-0.15, -0.1) is 0 Å². The largest absolute Gasteiger partial charge is 0.508 e. The highest BCUT2D eigenvalue weighted by Gasteiger charge is 2.16. The van der Waals surface area contributed by atoms with E-state index in [1.807, 2.05) is 0 Å². The molecule has 1 heterocycles. The van der Waals surface area contributed by atoms with Gasteiger partial charge in [0.15, 0.2) is 17.3 Å². The maximum atomic E-state index is 12.4. The number of hydrogen-bond donors (Lipinski definition) is 4. The van der Waals surface area contributed by atoms with E-state index in [1.54, 1.807) is 30.3 Å². The second-order valence-electron chi connectivity index (χ2n) is 6.07. The van der Waals surface area contributed by atoms with Crippen molar-refractivity contribution in [3.63, 3.8) is 0 Å². The second kappa shape index (κ2) is 6.10. The van der Waals surface area contributed by atoms with Crippen LogP contribution >= 0.6 is 0 Å². The SMILES string of the molecule is O=c1c(O)c(-c2cccc(-c3ccc(O)c(O)c3)c2)oc2ccc(O)cc12. The van der Waals surface area contributed by atoms with Crippen molar-refractivity contribution in [3.8, 4) is 45.4 Å². The molecule has 0 aliphatic heterocycles. The van der Waals surface area contributed by atoms with E-state index in [9.17, 15) is 25.2 Å². The lowest BCUT2D eigenvalue weighted by Crippen LogP contribution is -2.02. The van der Waals surface area contributed by atoms with Gasteiger partial charge in [-0.25, -0.2) is 0 Å². The summed E-state index contributed by atoms with van der Waals surface area (Å²) in [5.41, 5.74) is 1.38. The van der Waals surface area contributed by atoms with Crippen LogP contribution in [0.5, 0.6) is 23.0 Å². The van der Waals surface area contributed by atoms with Crippen molar-refractivity contribution in [3.05, 3.63) is 70.9 Å². The van der Waals surface area contributed by atoms with Gasteiger partial charge in [0.2, 0.25) is 11.2 Å². The Hall–Kier alpha value is -3.93. The average molecular weight is 362 g/mol. The van der Waals surface area contributed by atoms with Crippen LogP contribution in [0.25, 0.3) is 33.4 Å². The first-order valence-electron chi connectivity index (χ1n) is 8.05. The molecule has 134 valence electrons. The molecule has 4 aromatic rings. The highest BCUT2D eigenvalue weighted by Crippen LogP contribution is 2.35. The van der Waals surface area contributed by atoms with Gasteiger partial charge in [0, 0.05) is 5.56 Å². The van der Waals surface area contributed by atoms with Crippen LogP contribution in [0.2, 0.25) is 0 Å². The molecule has 27 heavy (non-hydrogen) atoms. The Morgan fingerprint density at radius 2 is 1.44 bits per heavy atom. The highest BCUT2D eigenvalue weighted by atomic mass is 16.4. The molecule has 0 aliphatic rings. The molecular formula is C21H14O6. The van der Waals surface area contributed by atoms with Crippen molar-refractivity contribution in [2.24, 2.45) is 0 Å². The van der Waals surface area contributed by atoms with E-state index in [2.05, 4.69) is 0 Å². The first kappa shape index (κ1) is 16.5. The van der Waals surface area contributed by atoms with Gasteiger partial charge >= 0.3 is 0 Å². The summed E-state index contributed by atoms with van der Waals surface area (Å²) in [5.74, 6) is -1.13. The van der Waals surface area contributed by atoms with Crippen LogP contribution in [-0.2, 0) is 0 Å². The average Bonchev–Trinajstić information content (AvgIpc) is 2.67. The van der Waals surface area contributed by atoms with E-state index in [-0.39, 0.29) is 34.0 Å². The van der Waals surface area contributed by atoms with E-state index < -0.39 is 11.2 Å². The van der Waals surface area contributed by atoms with Crippen molar-refractivity contribution in [2.45, 2.75) is 0 Å². The fourth-order valence-electron chi connectivity index (χ4n) is 2.91. The van der Waals surface area contributed by atoms with E-state index in [1.165, 1.54) is 30.3 Å². The molecule has 0 spiro atoms. The van der Waals surface area contributed by atoms with Crippen LogP contribution in [0.1, 0.15) is 0 Å². The number of hydrogen-bond acceptors (Lipinski definition) is 6. The molecule has 3 aromatic carbocycles. The summed E-state index contributed by atoms with van der Waals surface area (Å²) in [6.45, 7) is 0. The molecule has 0 saturated carbocycles. The Morgan fingerprint density at radius 3 is 2.22 bits per heavy atom. The van der Waals surface area contributed by atoms with E-state index in [0.29, 0.717) is 16.7 Å². The van der Waals surface area contributed by atoms with E-state index in [0.717, 1.165) is 0 Å². The lowest BCUT2D eigenvalue weighted by atomic mass is 10.0. The predicted molar refractivity (Wildman–Crippen MR) is 100 cm³/mol. The smallest absolute Gasteiger partial charge is 0.235 e. The van der Waals surface area contributed by atoms with Crippen LogP contribution in [0, 0.1) is 0 Å². The zero-order chi connectivity index (χ0) is 19.1. The highest BCUT2D eigenvalue weighted by molar-refractivity contribution is 5.84. The molecule has 0 unspecified atom stereocenters. The third kappa shape index (κ3) is 2.83. The molecule has 0 atom stereocenters. The monoisotopic (exact) mass is 362 g/mol. The zero-order valence-electron chi connectivity index (χ0n) is 13.9. The van der Waals surface area contributed by atoms with Gasteiger partial charge in [-0.05, 0) is 47.5 Å². The van der Waals surface area contributed by atoms with Crippen LogP contribution in [0.15, 0.2) is 69.9 Å². The Morgan fingerprint density at radius 1 is 0.704 bits per heavy atom. The minimum atomic E-state index is -0.644. The lowest BCUT2D eigenvalue weighted by Gasteiger charge is -2.09. The zero-order valence-corrected chi connectivity index (χ0v) is 13.9. The molecule has 0 amide bonds. The maximum Gasteiger partial charge on any atom is 0.235 e. The van der Waals surface area contributed by atoms with Gasteiger partial charge < -0.3 is 24.8 Å². The number of aromatic hydroxyl groups is 4. The topological polar surface area (TPSA) is 111 Å². The normalized spacial score (nSPS) is 11.0. The van der Waals surface area contributed by atoms with Crippen molar-refractivity contribution < 1.29 is 24.8 Å². The molecule has 4 N–H and O–H groups in total. The van der Waals surface area contributed by atoms with Crippen LogP contribution in [0.3, 0.4) is 0 Å². The van der Waals surface area contributed by atoms with E-state index >= 15 is 0 Å². The first-order chi connectivity index (χ1) is 12.9. The number of fused-ring (bicyclic) bond motifs is 1. The minimum absolute atomic E-state index is 0.00281. The predicted octanol–water partition coefficient (Wildman–Crippen LogP) is 3.95. The molecule has 0 bridgehead atoms. The van der Waals surface area contributed by atoms with Gasteiger partial charge in [0.1, 0.15) is 11.3 Å². The Labute approximate surface area is 152 Å². The molecule has 0 aliphatic carbocycles. The van der Waals surface area contributed by atoms with Crippen molar-refractivity contribution in [1.82, 2.24) is 0 Å². The maximum absolute atomic E-state index is 12.4. The molecule has 6 nitrogen and oxygen atoms in total. The van der Waals surface area contributed by atoms with Crippen LogP contribution in [0.4, 0.5) is 0 Å².